The SMILES string of the molecule is C=CCOC(=O)C(C(C)=O)C(NC(=O)OC#N)c1ccco1. The third kappa shape index (κ3) is 4.49. The van der Waals surface area contributed by atoms with Crippen LogP contribution < -0.4 is 5.32 Å². The van der Waals surface area contributed by atoms with Gasteiger partial charge in [-0.05, 0) is 19.1 Å². The van der Waals surface area contributed by atoms with Gasteiger partial charge >= 0.3 is 12.1 Å². The number of carbonyl (C=O) groups excluding carboxylic acids is 3. The van der Waals surface area contributed by atoms with E-state index in [9.17, 15) is 14.4 Å². The first-order valence-electron chi connectivity index (χ1n) is 6.19. The molecule has 0 radical (unpaired) electrons. The topological polar surface area (TPSA) is 119 Å². The summed E-state index contributed by atoms with van der Waals surface area (Å²) in [5.74, 6) is -2.61. The first-order valence-corrected chi connectivity index (χ1v) is 6.19. The minimum atomic E-state index is -1.35. The fraction of sp³-hybridized carbons (Fsp3) is 0.286. The molecule has 1 aromatic rings. The molecule has 0 aromatic carbocycles. The Morgan fingerprint density at radius 2 is 2.27 bits per heavy atom. The van der Waals surface area contributed by atoms with E-state index in [1.807, 2.05) is 0 Å². The summed E-state index contributed by atoms with van der Waals surface area (Å²) in [7, 11) is 0. The number of ether oxygens (including phenoxy) is 2. The van der Waals surface area contributed by atoms with Crippen LogP contribution in [-0.2, 0) is 19.1 Å². The smallest absolute Gasteiger partial charge is 0.423 e. The maximum Gasteiger partial charge on any atom is 0.423 e. The van der Waals surface area contributed by atoms with Gasteiger partial charge in [0.05, 0.1) is 6.26 Å². The van der Waals surface area contributed by atoms with E-state index in [1.54, 1.807) is 0 Å². The van der Waals surface area contributed by atoms with Crippen LogP contribution in [0.1, 0.15) is 18.7 Å². The summed E-state index contributed by atoms with van der Waals surface area (Å²) < 4.78 is 14.1. The zero-order chi connectivity index (χ0) is 16.5. The number of hydrogen-bond donors (Lipinski definition) is 1. The van der Waals surface area contributed by atoms with Crippen LogP contribution in [0.3, 0.4) is 0 Å². The molecule has 22 heavy (non-hydrogen) atoms. The normalized spacial score (nSPS) is 12.4. The van der Waals surface area contributed by atoms with Crippen LogP contribution in [0.4, 0.5) is 4.79 Å². The van der Waals surface area contributed by atoms with E-state index in [4.69, 9.17) is 14.4 Å². The molecule has 116 valence electrons. The number of nitrogens with one attached hydrogen (secondary N) is 1. The number of nitriles is 1. The second-order valence-corrected chi connectivity index (χ2v) is 4.13. The summed E-state index contributed by atoms with van der Waals surface area (Å²) in [4.78, 5) is 35.3. The van der Waals surface area contributed by atoms with Gasteiger partial charge in [-0.15, -0.1) is 5.26 Å². The molecule has 8 nitrogen and oxygen atoms in total. The van der Waals surface area contributed by atoms with E-state index in [0.29, 0.717) is 0 Å². The lowest BCUT2D eigenvalue weighted by Crippen LogP contribution is -2.40. The molecule has 1 N–H and O–H groups in total. The van der Waals surface area contributed by atoms with Gasteiger partial charge in [0, 0.05) is 0 Å². The number of hydrogen-bond acceptors (Lipinski definition) is 7. The Bertz CT molecular complexity index is 587. The van der Waals surface area contributed by atoms with Crippen LogP contribution in [0.25, 0.3) is 0 Å². The fourth-order valence-corrected chi connectivity index (χ4v) is 1.75. The Morgan fingerprint density at radius 3 is 2.77 bits per heavy atom. The summed E-state index contributed by atoms with van der Waals surface area (Å²) in [6.07, 6.45) is 2.73. The molecule has 0 saturated carbocycles. The number of alkyl carbamates (subject to hydrolysis) is 1. The molecule has 0 fully saturated rings. The average molecular weight is 306 g/mol. The average Bonchev–Trinajstić information content (AvgIpc) is 2.98. The first-order chi connectivity index (χ1) is 10.5. The number of furan rings is 1. The monoisotopic (exact) mass is 306 g/mol. The number of rotatable bonds is 7. The molecule has 2 atom stereocenters. The second kappa shape index (κ2) is 8.26. The van der Waals surface area contributed by atoms with Crippen molar-refractivity contribution in [2.75, 3.05) is 6.61 Å². The van der Waals surface area contributed by atoms with Gasteiger partial charge < -0.3 is 19.2 Å². The Morgan fingerprint density at radius 1 is 1.55 bits per heavy atom. The number of esters is 1. The van der Waals surface area contributed by atoms with Crippen molar-refractivity contribution in [3.05, 3.63) is 36.8 Å². The van der Waals surface area contributed by atoms with Crippen LogP contribution in [0.15, 0.2) is 35.5 Å². The number of carbonyl (C=O) groups is 3. The first kappa shape index (κ1) is 17.0. The number of amides is 1. The second-order valence-electron chi connectivity index (χ2n) is 4.13. The van der Waals surface area contributed by atoms with Crippen LogP contribution in [0, 0.1) is 17.4 Å². The molecule has 2 unspecified atom stereocenters. The van der Waals surface area contributed by atoms with E-state index in [-0.39, 0.29) is 12.4 Å². The summed E-state index contributed by atoms with van der Waals surface area (Å²) in [5.41, 5.74) is 0. The van der Waals surface area contributed by atoms with Gasteiger partial charge in [0.1, 0.15) is 30.1 Å². The van der Waals surface area contributed by atoms with Crippen molar-refractivity contribution in [3.63, 3.8) is 0 Å². The fourth-order valence-electron chi connectivity index (χ4n) is 1.75. The van der Waals surface area contributed by atoms with E-state index in [0.717, 1.165) is 0 Å². The molecular formula is C14H14N2O6. The standard InChI is InChI=1S/C14H14N2O6/c1-3-6-21-13(18)11(9(2)17)12(10-5-4-7-20-10)16-14(19)22-8-15/h3-5,7,11-12H,1,6H2,2H3,(H,16,19). The van der Waals surface area contributed by atoms with Crippen LogP contribution >= 0.6 is 0 Å². The Kier molecular flexibility index (Phi) is 6.37. The van der Waals surface area contributed by atoms with Gasteiger partial charge in [0.25, 0.3) is 6.26 Å². The quantitative estimate of drug-likeness (QED) is 0.350. The van der Waals surface area contributed by atoms with E-state index in [2.05, 4.69) is 16.6 Å². The number of ketones is 1. The number of nitrogens with zero attached hydrogens (tertiary/aromatic N) is 1. The predicted octanol–water partition coefficient (Wildman–Crippen LogP) is 1.46. The molecular weight excluding hydrogens is 292 g/mol. The highest BCUT2D eigenvalue weighted by Crippen LogP contribution is 2.25. The Hall–Kier alpha value is -3.08. The zero-order valence-corrected chi connectivity index (χ0v) is 11.8. The molecule has 0 aliphatic carbocycles. The van der Waals surface area contributed by atoms with E-state index in [1.165, 1.54) is 37.7 Å². The van der Waals surface area contributed by atoms with Crippen molar-refractivity contribution in [1.29, 1.82) is 5.26 Å². The van der Waals surface area contributed by atoms with Crippen molar-refractivity contribution in [3.8, 4) is 6.26 Å². The van der Waals surface area contributed by atoms with E-state index < -0.39 is 29.8 Å². The molecule has 0 spiro atoms. The van der Waals surface area contributed by atoms with Crippen LogP contribution in [-0.4, -0.2) is 24.5 Å². The van der Waals surface area contributed by atoms with Crippen molar-refractivity contribution in [2.45, 2.75) is 13.0 Å². The van der Waals surface area contributed by atoms with Gasteiger partial charge in [-0.25, -0.2) is 4.79 Å². The molecule has 0 bridgehead atoms. The van der Waals surface area contributed by atoms with Crippen molar-refractivity contribution in [1.82, 2.24) is 5.32 Å². The lowest BCUT2D eigenvalue weighted by atomic mass is 9.94. The van der Waals surface area contributed by atoms with Gasteiger partial charge in [-0.3, -0.25) is 9.59 Å². The molecule has 8 heteroatoms. The van der Waals surface area contributed by atoms with Gasteiger partial charge in [-0.2, -0.15) is 0 Å². The van der Waals surface area contributed by atoms with Crippen LogP contribution in [0.2, 0.25) is 0 Å². The minimum Gasteiger partial charge on any atom is -0.467 e. The maximum absolute atomic E-state index is 12.0. The highest BCUT2D eigenvalue weighted by atomic mass is 16.5. The zero-order valence-electron chi connectivity index (χ0n) is 11.8. The van der Waals surface area contributed by atoms with Gasteiger partial charge in [-0.1, -0.05) is 12.7 Å². The van der Waals surface area contributed by atoms with Crippen molar-refractivity contribution in [2.24, 2.45) is 5.92 Å². The largest absolute Gasteiger partial charge is 0.467 e. The number of Topliss-reactive ketones (excluding diaryl/α,β-unsaturated/α-hetero) is 1. The molecule has 1 aromatic heterocycles. The summed E-state index contributed by atoms with van der Waals surface area (Å²) in [6, 6.07) is 1.82. The van der Waals surface area contributed by atoms with Crippen molar-refractivity contribution < 1.29 is 28.3 Å². The summed E-state index contributed by atoms with van der Waals surface area (Å²) >= 11 is 0. The Balaban J connectivity index is 3.07. The molecule has 0 saturated heterocycles. The molecule has 1 rings (SSSR count). The lowest BCUT2D eigenvalue weighted by molar-refractivity contribution is -0.152. The molecule has 1 heterocycles. The summed E-state index contributed by atoms with van der Waals surface area (Å²) in [5, 5.41) is 10.6. The Labute approximate surface area is 126 Å². The molecule has 0 aliphatic heterocycles. The van der Waals surface area contributed by atoms with E-state index >= 15 is 0 Å². The third-order valence-electron chi connectivity index (χ3n) is 2.63. The maximum atomic E-state index is 12.0. The van der Waals surface area contributed by atoms with Crippen LogP contribution in [0.5, 0.6) is 0 Å². The molecule has 1 amide bonds. The third-order valence-corrected chi connectivity index (χ3v) is 2.63. The van der Waals surface area contributed by atoms with Gasteiger partial charge in [0.2, 0.25) is 0 Å². The molecule has 0 aliphatic rings. The minimum absolute atomic E-state index is 0.0872. The highest BCUT2D eigenvalue weighted by molar-refractivity contribution is 5.99. The van der Waals surface area contributed by atoms with Crippen molar-refractivity contribution >= 4 is 17.8 Å². The summed E-state index contributed by atoms with van der Waals surface area (Å²) in [6.45, 7) is 4.48. The highest BCUT2D eigenvalue weighted by Gasteiger charge is 2.38. The van der Waals surface area contributed by atoms with Gasteiger partial charge in [0.15, 0.2) is 0 Å². The lowest BCUT2D eigenvalue weighted by Gasteiger charge is -2.22. The predicted molar refractivity (Wildman–Crippen MR) is 72.0 cm³/mol.